The Morgan fingerprint density at radius 1 is 0.425 bits per heavy atom. The molecule has 0 bridgehead atoms. The summed E-state index contributed by atoms with van der Waals surface area (Å²) in [7, 11) is 0.500. The molecule has 4 heteroatoms. The Morgan fingerprint density at radius 3 is 1.05 bits per heavy atom. The quantitative estimate of drug-likeness (QED) is 0.0862. The highest BCUT2D eigenvalue weighted by Crippen LogP contribution is 2.23. The first-order valence-electron chi connectivity index (χ1n) is 28.7. The third-order valence-corrected chi connectivity index (χ3v) is 13.6. The van der Waals surface area contributed by atoms with Crippen LogP contribution in [0.2, 0.25) is 0 Å². The maximum atomic E-state index is 9.50. The molecule has 1 fully saturated rings. The molecule has 0 amide bonds. The molecule has 0 spiro atoms. The van der Waals surface area contributed by atoms with Gasteiger partial charge in [-0.3, -0.25) is 4.39 Å². The maximum Gasteiger partial charge on any atom is 0.119 e. The first kappa shape index (κ1) is 69.1. The number of halogens is 1. The zero-order valence-corrected chi connectivity index (χ0v) is 51.2. The van der Waals surface area contributed by atoms with Crippen LogP contribution < -0.4 is 4.74 Å². The molecule has 2 nitrogen and oxygen atoms in total. The van der Waals surface area contributed by atoms with Crippen LogP contribution in [-0.2, 0) is 12.8 Å². The molecule has 0 radical (unpaired) electrons. The minimum Gasteiger partial charge on any atom is -0.494 e. The fourth-order valence-electron chi connectivity index (χ4n) is 7.96. The van der Waals surface area contributed by atoms with Crippen LogP contribution in [0.3, 0.4) is 0 Å². The highest BCUT2D eigenvalue weighted by atomic mass is 32.2. The monoisotopic (exact) mass is 1020 g/mol. The number of likely N-dealkylation sites (tertiary alicyclic amines) is 1. The summed E-state index contributed by atoms with van der Waals surface area (Å²) in [5.74, 6) is 6.80. The molecule has 5 aromatic rings. The highest BCUT2D eigenvalue weighted by Gasteiger charge is 2.10. The smallest absolute Gasteiger partial charge is 0.119 e. The van der Waals surface area contributed by atoms with Crippen molar-refractivity contribution in [3.05, 3.63) is 166 Å². The summed E-state index contributed by atoms with van der Waals surface area (Å²) >= 11 is 1.90. The van der Waals surface area contributed by atoms with Crippen LogP contribution >= 0.6 is 11.8 Å². The van der Waals surface area contributed by atoms with E-state index in [1.807, 2.05) is 30.8 Å². The summed E-state index contributed by atoms with van der Waals surface area (Å²) in [6.07, 6.45) is 10.6. The van der Waals surface area contributed by atoms with E-state index < -0.39 is 0 Å². The van der Waals surface area contributed by atoms with Crippen molar-refractivity contribution in [2.45, 2.75) is 216 Å². The normalized spacial score (nSPS) is 12.0. The van der Waals surface area contributed by atoms with Crippen LogP contribution in [0.25, 0.3) is 0 Å². The van der Waals surface area contributed by atoms with E-state index in [1.165, 1.54) is 120 Å². The lowest BCUT2D eigenvalue weighted by Gasteiger charge is -2.27. The van der Waals surface area contributed by atoms with E-state index in [9.17, 15) is 4.39 Å². The van der Waals surface area contributed by atoms with Crippen LogP contribution in [-0.4, -0.2) is 44.1 Å². The molecule has 410 valence electrons. The molecule has 1 heterocycles. The third kappa shape index (κ3) is 32.9. The van der Waals surface area contributed by atoms with Gasteiger partial charge in [-0.15, -0.1) is 11.8 Å². The van der Waals surface area contributed by atoms with E-state index in [1.54, 1.807) is 0 Å². The zero-order chi connectivity index (χ0) is 55.1. The van der Waals surface area contributed by atoms with Crippen molar-refractivity contribution >= 4 is 11.8 Å². The number of rotatable bonds is 17. The van der Waals surface area contributed by atoms with Gasteiger partial charge in [0.2, 0.25) is 0 Å². The molecule has 0 aliphatic carbocycles. The first-order valence-corrected chi connectivity index (χ1v) is 29.7. The Labute approximate surface area is 456 Å². The predicted octanol–water partition coefficient (Wildman–Crippen LogP) is 21.7. The number of piperidine rings is 1. The van der Waals surface area contributed by atoms with E-state index >= 15 is 0 Å². The Hall–Kier alpha value is -3.86. The Bertz CT molecular complexity index is 1820. The van der Waals surface area contributed by atoms with Gasteiger partial charge in [-0.2, -0.15) is 0 Å². The van der Waals surface area contributed by atoms with Gasteiger partial charge in [-0.05, 0) is 168 Å². The van der Waals surface area contributed by atoms with E-state index in [-0.39, 0.29) is 0 Å². The summed E-state index contributed by atoms with van der Waals surface area (Å²) < 4.78 is 14.8. The SMILES string of the molecule is CC(C)CN1CCCCC1.CC(C)c1ccc(C(C)C)cc1.CCCCc1ccc(C(C)C)cc1.CCCc1ccc(C(C)C)cc1.CCOc1ccc(C(C)C)cc1.CCSc1ccc(C(C)C)cc1.CF. The Morgan fingerprint density at radius 2 is 0.753 bits per heavy atom. The predicted molar refractivity (Wildman–Crippen MR) is 329 cm³/mol. The van der Waals surface area contributed by atoms with Crippen molar-refractivity contribution in [2.75, 3.05) is 39.2 Å². The van der Waals surface area contributed by atoms with Gasteiger partial charge in [0, 0.05) is 11.4 Å². The number of hydrogen-bond acceptors (Lipinski definition) is 3. The molecule has 0 unspecified atom stereocenters. The van der Waals surface area contributed by atoms with Gasteiger partial charge in [0.15, 0.2) is 0 Å². The largest absolute Gasteiger partial charge is 0.494 e. The van der Waals surface area contributed by atoms with Gasteiger partial charge < -0.3 is 9.64 Å². The first-order chi connectivity index (χ1) is 34.8. The highest BCUT2D eigenvalue weighted by molar-refractivity contribution is 7.99. The average Bonchev–Trinajstić information content (AvgIpc) is 3.38. The molecule has 1 aliphatic rings. The maximum absolute atomic E-state index is 9.50. The second-order valence-electron chi connectivity index (χ2n) is 21.7. The standard InChI is InChI=1S/C13H20.2C12H18.C11H16O.C11H16S.C9H19N.CH3F/c1-4-5-6-12-7-9-13(10-8-12)11(2)3;1-9(2)11-5-7-12(8-6-11)10(3)4;1-4-5-11-6-8-12(9-7-11)10(2)3;2*1-4-12-11-7-5-10(6-8-11)9(2)3;1-9(2)8-10-6-4-3-5-7-10;1-2/h7-11H,4-6H2,1-3H3;5-10H,1-4H3;6-10H,4-5H2,1-3H3;2*5-9H,4H2,1-3H3;9H,3-8H2,1-2H3;1H3. The second kappa shape index (κ2) is 42.4. The molecular formula is C69H110FNOS. The molecule has 0 N–H and O–H groups in total. The van der Waals surface area contributed by atoms with Crippen molar-refractivity contribution < 1.29 is 9.13 Å². The van der Waals surface area contributed by atoms with Crippen molar-refractivity contribution in [2.24, 2.45) is 5.92 Å². The molecule has 5 aromatic carbocycles. The number of benzene rings is 5. The van der Waals surface area contributed by atoms with Crippen LogP contribution in [0.5, 0.6) is 5.75 Å². The van der Waals surface area contributed by atoms with Gasteiger partial charge in [-0.1, -0.05) is 234 Å². The molecule has 0 atom stereocenters. The molecule has 6 rings (SSSR count). The Balaban J connectivity index is 0.000000847. The number of ether oxygens (including phenoxy) is 1. The lowest BCUT2D eigenvalue weighted by molar-refractivity contribution is 0.206. The molecule has 73 heavy (non-hydrogen) atoms. The number of unbranched alkanes of at least 4 members (excludes halogenated alkanes) is 1. The van der Waals surface area contributed by atoms with Gasteiger partial charge >= 0.3 is 0 Å². The van der Waals surface area contributed by atoms with Crippen LogP contribution in [0, 0.1) is 5.92 Å². The van der Waals surface area contributed by atoms with Gasteiger partial charge in [0.1, 0.15) is 5.75 Å². The van der Waals surface area contributed by atoms with Crippen LogP contribution in [0.4, 0.5) is 4.39 Å². The number of alkyl halides is 1. The molecule has 0 saturated carbocycles. The fraction of sp³-hybridized carbons (Fsp3) is 0.565. The van der Waals surface area contributed by atoms with Crippen molar-refractivity contribution in [1.29, 1.82) is 0 Å². The molecule has 1 saturated heterocycles. The number of nitrogens with zero attached hydrogens (tertiary/aromatic N) is 1. The van der Waals surface area contributed by atoms with Crippen molar-refractivity contribution in [3.63, 3.8) is 0 Å². The number of thioether (sulfide) groups is 1. The lowest BCUT2D eigenvalue weighted by atomic mass is 9.97. The summed E-state index contributed by atoms with van der Waals surface area (Å²) in [4.78, 5) is 3.97. The van der Waals surface area contributed by atoms with E-state index in [4.69, 9.17) is 4.74 Å². The minimum atomic E-state index is 0.500. The van der Waals surface area contributed by atoms with E-state index in [2.05, 4.69) is 232 Å². The average molecular weight is 1020 g/mol. The zero-order valence-electron chi connectivity index (χ0n) is 50.4. The molecule has 1 aliphatic heterocycles. The molecule has 0 aromatic heterocycles. The van der Waals surface area contributed by atoms with Crippen LogP contribution in [0.1, 0.15) is 243 Å². The lowest BCUT2D eigenvalue weighted by Crippen LogP contribution is -2.32. The second-order valence-corrected chi connectivity index (χ2v) is 23.0. The van der Waals surface area contributed by atoms with Crippen molar-refractivity contribution in [1.82, 2.24) is 4.90 Å². The fourth-order valence-corrected chi connectivity index (χ4v) is 8.63. The third-order valence-electron chi connectivity index (χ3n) is 12.7. The Kier molecular flexibility index (Phi) is 40.1. The summed E-state index contributed by atoms with van der Waals surface area (Å²) in [6.45, 7) is 44.6. The topological polar surface area (TPSA) is 12.5 Å². The van der Waals surface area contributed by atoms with Crippen LogP contribution in [0.15, 0.2) is 126 Å². The molecular weight excluding hydrogens is 910 g/mol. The van der Waals surface area contributed by atoms with E-state index in [0.29, 0.717) is 42.7 Å². The summed E-state index contributed by atoms with van der Waals surface area (Å²) in [5.41, 5.74) is 11.5. The van der Waals surface area contributed by atoms with Crippen molar-refractivity contribution in [3.8, 4) is 5.75 Å². The number of aryl methyl sites for hydroxylation is 2. The summed E-state index contributed by atoms with van der Waals surface area (Å²) in [5, 5.41) is 0. The van der Waals surface area contributed by atoms with Gasteiger partial charge in [0.25, 0.3) is 0 Å². The summed E-state index contributed by atoms with van der Waals surface area (Å²) in [6, 6.07) is 44.2. The van der Waals surface area contributed by atoms with Gasteiger partial charge in [0.05, 0.1) is 13.8 Å². The van der Waals surface area contributed by atoms with Gasteiger partial charge in [-0.25, -0.2) is 0 Å². The van der Waals surface area contributed by atoms with E-state index in [0.717, 1.165) is 24.0 Å². The number of hydrogen-bond donors (Lipinski definition) is 0. The minimum absolute atomic E-state index is 0.500.